The second-order valence-electron chi connectivity index (χ2n) is 7.40. The van der Waals surface area contributed by atoms with Crippen molar-refractivity contribution in [3.05, 3.63) is 28.3 Å². The summed E-state index contributed by atoms with van der Waals surface area (Å²) in [5.41, 5.74) is -0.315. The molecule has 0 atom stereocenters. The van der Waals surface area contributed by atoms with Crippen LogP contribution in [0.25, 0.3) is 0 Å². The molecule has 10 heteroatoms. The molecule has 2 aliphatic rings. The van der Waals surface area contributed by atoms with Crippen LogP contribution in [0.5, 0.6) is 5.75 Å². The van der Waals surface area contributed by atoms with Gasteiger partial charge < -0.3 is 19.7 Å². The maximum Gasteiger partial charge on any atom is 0.309 e. The lowest BCUT2D eigenvalue weighted by atomic mass is 9.97. The predicted molar refractivity (Wildman–Crippen MR) is 106 cm³/mol. The number of piperidine rings is 1. The zero-order chi connectivity index (χ0) is 21.7. The van der Waals surface area contributed by atoms with Crippen LogP contribution in [-0.4, -0.2) is 53.9 Å². The summed E-state index contributed by atoms with van der Waals surface area (Å²) in [7, 11) is 0. The number of anilines is 1. The van der Waals surface area contributed by atoms with E-state index in [4.69, 9.17) is 9.47 Å². The Bertz CT molecular complexity index is 830. The van der Waals surface area contributed by atoms with E-state index in [9.17, 15) is 24.5 Å². The molecule has 2 fully saturated rings. The minimum atomic E-state index is -0.669. The Hall–Kier alpha value is -3.17. The molecular weight excluding hydrogens is 394 g/mol. The van der Waals surface area contributed by atoms with Gasteiger partial charge in [-0.25, -0.2) is 0 Å². The van der Waals surface area contributed by atoms with Crippen molar-refractivity contribution >= 4 is 29.2 Å². The number of rotatable bonds is 8. The van der Waals surface area contributed by atoms with Crippen molar-refractivity contribution in [2.24, 2.45) is 11.8 Å². The number of hydrogen-bond donors (Lipinski definition) is 1. The zero-order valence-corrected chi connectivity index (χ0v) is 16.8. The fourth-order valence-corrected chi connectivity index (χ4v) is 3.39. The van der Waals surface area contributed by atoms with Gasteiger partial charge in [0.1, 0.15) is 11.4 Å². The molecule has 0 bridgehead atoms. The molecule has 1 aromatic rings. The van der Waals surface area contributed by atoms with Gasteiger partial charge in [0.15, 0.2) is 6.61 Å². The molecule has 0 radical (unpaired) electrons. The van der Waals surface area contributed by atoms with Crippen molar-refractivity contribution in [2.75, 3.05) is 31.6 Å². The van der Waals surface area contributed by atoms with Gasteiger partial charge in [-0.1, -0.05) is 0 Å². The van der Waals surface area contributed by atoms with E-state index in [1.807, 2.05) is 0 Å². The largest absolute Gasteiger partial charge is 0.494 e. The molecule has 1 aliphatic carbocycles. The van der Waals surface area contributed by atoms with Gasteiger partial charge in [-0.3, -0.25) is 24.5 Å². The van der Waals surface area contributed by atoms with Gasteiger partial charge in [0.05, 0.1) is 23.5 Å². The van der Waals surface area contributed by atoms with Crippen LogP contribution >= 0.6 is 0 Å². The third kappa shape index (κ3) is 5.46. The minimum Gasteiger partial charge on any atom is -0.494 e. The number of nitro groups is 1. The number of carbonyl (C=O) groups is 3. The maximum absolute atomic E-state index is 12.2. The number of benzene rings is 1. The fourth-order valence-electron chi connectivity index (χ4n) is 3.39. The van der Waals surface area contributed by atoms with Crippen LogP contribution in [0.4, 0.5) is 11.4 Å². The number of amides is 2. The van der Waals surface area contributed by atoms with Gasteiger partial charge in [0, 0.05) is 19.0 Å². The monoisotopic (exact) mass is 419 g/mol. The summed E-state index contributed by atoms with van der Waals surface area (Å²) >= 11 is 0. The first-order chi connectivity index (χ1) is 14.4. The van der Waals surface area contributed by atoms with Gasteiger partial charge in [-0.05, 0) is 44.7 Å². The standard InChI is InChI=1S/C20H25N3O7/c1-2-29-15-5-6-16(17(11-15)23(27)28)21-18(24)12-30-20(26)14-7-9-22(10-8-14)19(25)13-3-4-13/h5-6,11,13-14H,2-4,7-10,12H2,1H3,(H,21,24). The summed E-state index contributed by atoms with van der Waals surface area (Å²) in [6.07, 6.45) is 2.90. The average molecular weight is 419 g/mol. The fraction of sp³-hybridized carbons (Fsp3) is 0.550. The van der Waals surface area contributed by atoms with Gasteiger partial charge in [-0.15, -0.1) is 0 Å². The van der Waals surface area contributed by atoms with Crippen LogP contribution in [0.1, 0.15) is 32.6 Å². The smallest absolute Gasteiger partial charge is 0.309 e. The molecule has 1 aromatic carbocycles. The molecule has 162 valence electrons. The van der Waals surface area contributed by atoms with Crippen molar-refractivity contribution in [3.8, 4) is 5.75 Å². The topological polar surface area (TPSA) is 128 Å². The number of nitrogens with one attached hydrogen (secondary N) is 1. The number of nitro benzene ring substituents is 1. The number of likely N-dealkylation sites (tertiary alicyclic amines) is 1. The highest BCUT2D eigenvalue weighted by Crippen LogP contribution is 2.32. The van der Waals surface area contributed by atoms with Crippen molar-refractivity contribution in [3.63, 3.8) is 0 Å². The first-order valence-electron chi connectivity index (χ1n) is 10.1. The lowest BCUT2D eigenvalue weighted by Crippen LogP contribution is -2.41. The van der Waals surface area contributed by atoms with E-state index in [-0.39, 0.29) is 29.1 Å². The SMILES string of the molecule is CCOc1ccc(NC(=O)COC(=O)C2CCN(C(=O)C3CC3)CC2)c([N+](=O)[O-])c1. The highest BCUT2D eigenvalue weighted by Gasteiger charge is 2.36. The second kappa shape index (κ2) is 9.55. The normalized spacial score (nSPS) is 16.6. The number of nitrogens with zero attached hydrogens (tertiary/aromatic N) is 2. The summed E-state index contributed by atoms with van der Waals surface area (Å²) in [6, 6.07) is 4.10. The highest BCUT2D eigenvalue weighted by atomic mass is 16.6. The first kappa shape index (κ1) is 21.5. The molecule has 2 amide bonds. The third-order valence-corrected chi connectivity index (χ3v) is 5.16. The molecule has 0 spiro atoms. The third-order valence-electron chi connectivity index (χ3n) is 5.16. The quantitative estimate of drug-likeness (QED) is 0.388. The van der Waals surface area contributed by atoms with Crippen molar-refractivity contribution in [2.45, 2.75) is 32.6 Å². The average Bonchev–Trinajstić information content (AvgIpc) is 3.58. The summed E-state index contributed by atoms with van der Waals surface area (Å²) in [5, 5.41) is 13.6. The van der Waals surface area contributed by atoms with Crippen LogP contribution in [0.3, 0.4) is 0 Å². The summed E-state index contributed by atoms with van der Waals surface area (Å²) < 4.78 is 10.3. The van der Waals surface area contributed by atoms with Crippen LogP contribution in [0, 0.1) is 22.0 Å². The van der Waals surface area contributed by atoms with Crippen LogP contribution < -0.4 is 10.1 Å². The Morgan fingerprint density at radius 3 is 2.47 bits per heavy atom. The maximum atomic E-state index is 12.2. The molecule has 1 N–H and O–H groups in total. The van der Waals surface area contributed by atoms with Gasteiger partial charge >= 0.3 is 5.97 Å². The van der Waals surface area contributed by atoms with Crippen LogP contribution in [-0.2, 0) is 19.1 Å². The van der Waals surface area contributed by atoms with Gasteiger partial charge in [-0.2, -0.15) is 0 Å². The molecule has 10 nitrogen and oxygen atoms in total. The number of ether oxygens (including phenoxy) is 2. The summed E-state index contributed by atoms with van der Waals surface area (Å²) in [4.78, 5) is 48.8. The number of esters is 1. The zero-order valence-electron chi connectivity index (χ0n) is 16.8. The van der Waals surface area contributed by atoms with Gasteiger partial charge in [0.2, 0.25) is 5.91 Å². The highest BCUT2D eigenvalue weighted by molar-refractivity contribution is 5.95. The molecule has 30 heavy (non-hydrogen) atoms. The Morgan fingerprint density at radius 1 is 1.17 bits per heavy atom. The molecule has 1 saturated carbocycles. The molecule has 1 heterocycles. The second-order valence-corrected chi connectivity index (χ2v) is 7.40. The van der Waals surface area contributed by atoms with E-state index in [0.717, 1.165) is 12.8 Å². The Kier molecular flexibility index (Phi) is 6.86. The van der Waals surface area contributed by atoms with Crippen LogP contribution in [0.2, 0.25) is 0 Å². The summed E-state index contributed by atoms with van der Waals surface area (Å²) in [5.74, 6) is -0.884. The molecule has 0 unspecified atom stereocenters. The number of carbonyl (C=O) groups excluding carboxylic acids is 3. The van der Waals surface area contributed by atoms with E-state index < -0.39 is 23.4 Å². The lowest BCUT2D eigenvalue weighted by Gasteiger charge is -2.31. The summed E-state index contributed by atoms with van der Waals surface area (Å²) in [6.45, 7) is 2.60. The minimum absolute atomic E-state index is 0.00333. The molecule has 1 saturated heterocycles. The van der Waals surface area contributed by atoms with Crippen molar-refractivity contribution in [1.82, 2.24) is 4.90 Å². The predicted octanol–water partition coefficient (Wildman–Crippen LogP) is 2.12. The molecule has 3 rings (SSSR count). The van der Waals surface area contributed by atoms with Crippen LogP contribution in [0.15, 0.2) is 18.2 Å². The Labute approximate surface area is 173 Å². The van der Waals surface area contributed by atoms with E-state index in [1.165, 1.54) is 18.2 Å². The van der Waals surface area contributed by atoms with E-state index in [2.05, 4.69) is 5.32 Å². The first-order valence-corrected chi connectivity index (χ1v) is 10.1. The Balaban J connectivity index is 1.47. The lowest BCUT2D eigenvalue weighted by molar-refractivity contribution is -0.384. The molecule has 0 aromatic heterocycles. The van der Waals surface area contributed by atoms with Crippen molar-refractivity contribution in [1.29, 1.82) is 0 Å². The number of hydrogen-bond acceptors (Lipinski definition) is 7. The Morgan fingerprint density at radius 2 is 1.87 bits per heavy atom. The van der Waals surface area contributed by atoms with E-state index in [1.54, 1.807) is 11.8 Å². The van der Waals surface area contributed by atoms with E-state index in [0.29, 0.717) is 38.3 Å². The molecular formula is C20H25N3O7. The van der Waals surface area contributed by atoms with Crippen molar-refractivity contribution < 1.29 is 28.8 Å². The van der Waals surface area contributed by atoms with Gasteiger partial charge in [0.25, 0.3) is 11.6 Å². The van der Waals surface area contributed by atoms with E-state index >= 15 is 0 Å². The molecule has 1 aliphatic heterocycles.